The second kappa shape index (κ2) is 10.8. The molecule has 0 saturated carbocycles. The maximum Gasteiger partial charge on any atom is 0.251 e. The van der Waals surface area contributed by atoms with Gasteiger partial charge in [0.15, 0.2) is 0 Å². The van der Waals surface area contributed by atoms with Crippen molar-refractivity contribution < 1.29 is 4.79 Å². The third kappa shape index (κ3) is 5.44. The molecule has 0 aliphatic heterocycles. The summed E-state index contributed by atoms with van der Waals surface area (Å²) < 4.78 is 1.93. The van der Waals surface area contributed by atoms with Gasteiger partial charge in [-0.25, -0.2) is 4.68 Å². The number of halogens is 1. The van der Waals surface area contributed by atoms with Crippen LogP contribution in [-0.4, -0.2) is 22.7 Å². The van der Waals surface area contributed by atoms with E-state index in [1.165, 1.54) is 5.56 Å². The van der Waals surface area contributed by atoms with Crippen LogP contribution >= 0.6 is 12.4 Å². The van der Waals surface area contributed by atoms with Crippen LogP contribution in [0.5, 0.6) is 0 Å². The van der Waals surface area contributed by atoms with Gasteiger partial charge in [0.2, 0.25) is 0 Å². The topological polar surface area (TPSA) is 59.0 Å². The average molecular weight is 447 g/mol. The van der Waals surface area contributed by atoms with Crippen LogP contribution in [-0.2, 0) is 13.1 Å². The first-order chi connectivity index (χ1) is 15.1. The SMILES string of the molecule is CNC(=O)c1ccc(CNCc2cn(-c3ccccc3)nc2-c2ccc(C)cc2)cc1.Cl. The van der Waals surface area contributed by atoms with Crippen LogP contribution in [0.15, 0.2) is 85.1 Å². The highest BCUT2D eigenvalue weighted by Crippen LogP contribution is 2.24. The van der Waals surface area contributed by atoms with Crippen molar-refractivity contribution in [3.05, 3.63) is 107 Å². The molecular formula is C26H27ClN4O. The highest BCUT2D eigenvalue weighted by Gasteiger charge is 2.12. The Hall–Kier alpha value is -3.41. The minimum absolute atomic E-state index is 0. The molecule has 4 aromatic rings. The van der Waals surface area contributed by atoms with E-state index in [0.717, 1.165) is 28.1 Å². The fourth-order valence-corrected chi connectivity index (χ4v) is 3.47. The fraction of sp³-hybridized carbons (Fsp3) is 0.154. The molecule has 0 unspecified atom stereocenters. The van der Waals surface area contributed by atoms with E-state index in [0.29, 0.717) is 18.7 Å². The zero-order chi connectivity index (χ0) is 21.6. The third-order valence-electron chi connectivity index (χ3n) is 5.22. The number of para-hydroxylation sites is 1. The average Bonchev–Trinajstić information content (AvgIpc) is 3.24. The standard InChI is InChI=1S/C26H26N4O.ClH/c1-19-8-12-21(13-9-19)25-23(18-30(29-25)24-6-4-3-5-7-24)17-28-16-20-10-14-22(15-11-20)26(31)27-2;/h3-15,18,28H,16-17H2,1-2H3,(H,27,31);1H. The Morgan fingerprint density at radius 3 is 2.25 bits per heavy atom. The number of amides is 1. The van der Waals surface area contributed by atoms with Gasteiger partial charge in [0, 0.05) is 43.0 Å². The minimum Gasteiger partial charge on any atom is -0.355 e. The molecule has 0 aliphatic rings. The van der Waals surface area contributed by atoms with Gasteiger partial charge in [0.05, 0.1) is 11.4 Å². The largest absolute Gasteiger partial charge is 0.355 e. The van der Waals surface area contributed by atoms with Crippen molar-refractivity contribution in [2.24, 2.45) is 0 Å². The van der Waals surface area contributed by atoms with Crippen LogP contribution in [0.4, 0.5) is 0 Å². The van der Waals surface area contributed by atoms with E-state index < -0.39 is 0 Å². The Balaban J connectivity index is 0.00000289. The molecule has 0 spiro atoms. The summed E-state index contributed by atoms with van der Waals surface area (Å²) in [6.45, 7) is 3.48. The Labute approximate surface area is 194 Å². The van der Waals surface area contributed by atoms with E-state index in [1.807, 2.05) is 47.1 Å². The lowest BCUT2D eigenvalue weighted by atomic mass is 10.1. The summed E-state index contributed by atoms with van der Waals surface area (Å²) in [5, 5.41) is 11.0. The maximum atomic E-state index is 11.7. The number of rotatable bonds is 7. The Bertz CT molecular complexity index is 1150. The molecule has 0 fully saturated rings. The number of benzene rings is 3. The highest BCUT2D eigenvalue weighted by molar-refractivity contribution is 5.93. The molecule has 0 aliphatic carbocycles. The van der Waals surface area contributed by atoms with Crippen LogP contribution in [0, 0.1) is 6.92 Å². The highest BCUT2D eigenvalue weighted by atomic mass is 35.5. The lowest BCUT2D eigenvalue weighted by Crippen LogP contribution is -2.18. The smallest absolute Gasteiger partial charge is 0.251 e. The van der Waals surface area contributed by atoms with Crippen LogP contribution in [0.25, 0.3) is 16.9 Å². The summed E-state index contributed by atoms with van der Waals surface area (Å²) in [6, 6.07) is 26.3. The lowest BCUT2D eigenvalue weighted by Gasteiger charge is -2.07. The molecule has 4 rings (SSSR count). The number of hydrogen-bond donors (Lipinski definition) is 2. The van der Waals surface area contributed by atoms with Gasteiger partial charge in [-0.05, 0) is 36.8 Å². The molecule has 5 nitrogen and oxygen atoms in total. The Morgan fingerprint density at radius 2 is 1.59 bits per heavy atom. The van der Waals surface area contributed by atoms with Crippen molar-refractivity contribution in [1.82, 2.24) is 20.4 Å². The number of carbonyl (C=O) groups is 1. The molecule has 32 heavy (non-hydrogen) atoms. The van der Waals surface area contributed by atoms with Crippen molar-refractivity contribution in [2.45, 2.75) is 20.0 Å². The minimum atomic E-state index is -0.0735. The monoisotopic (exact) mass is 446 g/mol. The predicted molar refractivity (Wildman–Crippen MR) is 131 cm³/mol. The molecule has 0 radical (unpaired) electrons. The van der Waals surface area contributed by atoms with Gasteiger partial charge in [0.25, 0.3) is 5.91 Å². The summed E-state index contributed by atoms with van der Waals surface area (Å²) in [5.41, 5.74) is 7.27. The van der Waals surface area contributed by atoms with Gasteiger partial charge in [-0.3, -0.25) is 4.79 Å². The summed E-state index contributed by atoms with van der Waals surface area (Å²) in [4.78, 5) is 11.7. The van der Waals surface area contributed by atoms with Gasteiger partial charge in [0.1, 0.15) is 0 Å². The van der Waals surface area contributed by atoms with E-state index in [4.69, 9.17) is 5.10 Å². The Kier molecular flexibility index (Phi) is 7.82. The zero-order valence-electron chi connectivity index (χ0n) is 18.2. The molecule has 0 saturated heterocycles. The zero-order valence-corrected chi connectivity index (χ0v) is 19.0. The van der Waals surface area contributed by atoms with E-state index in [1.54, 1.807) is 7.05 Å². The number of carbonyl (C=O) groups excluding carboxylic acids is 1. The molecule has 0 atom stereocenters. The number of nitrogens with one attached hydrogen (secondary N) is 2. The second-order valence-corrected chi connectivity index (χ2v) is 7.53. The van der Waals surface area contributed by atoms with Crippen molar-refractivity contribution in [1.29, 1.82) is 0 Å². The van der Waals surface area contributed by atoms with Gasteiger partial charge in [-0.15, -0.1) is 12.4 Å². The second-order valence-electron chi connectivity index (χ2n) is 7.53. The normalized spacial score (nSPS) is 10.4. The number of aromatic nitrogens is 2. The molecule has 1 heterocycles. The number of nitrogens with zero attached hydrogens (tertiary/aromatic N) is 2. The first kappa shape index (κ1) is 23.3. The molecule has 3 aromatic carbocycles. The van der Waals surface area contributed by atoms with E-state index in [2.05, 4.69) is 60.2 Å². The maximum absolute atomic E-state index is 11.7. The molecule has 164 valence electrons. The quantitative estimate of drug-likeness (QED) is 0.423. The first-order valence-corrected chi connectivity index (χ1v) is 10.4. The fourth-order valence-electron chi connectivity index (χ4n) is 3.47. The number of aryl methyl sites for hydroxylation is 1. The summed E-state index contributed by atoms with van der Waals surface area (Å²) >= 11 is 0. The summed E-state index contributed by atoms with van der Waals surface area (Å²) in [7, 11) is 1.64. The van der Waals surface area contributed by atoms with Crippen molar-refractivity contribution in [3.8, 4) is 16.9 Å². The van der Waals surface area contributed by atoms with Crippen LogP contribution in [0.3, 0.4) is 0 Å². The van der Waals surface area contributed by atoms with E-state index in [9.17, 15) is 4.79 Å². The third-order valence-corrected chi connectivity index (χ3v) is 5.22. The van der Waals surface area contributed by atoms with Gasteiger partial charge in [-0.2, -0.15) is 5.10 Å². The van der Waals surface area contributed by atoms with Crippen molar-refractivity contribution in [2.75, 3.05) is 7.05 Å². The lowest BCUT2D eigenvalue weighted by molar-refractivity contribution is 0.0963. The van der Waals surface area contributed by atoms with Crippen LogP contribution in [0.2, 0.25) is 0 Å². The van der Waals surface area contributed by atoms with E-state index >= 15 is 0 Å². The molecule has 1 amide bonds. The molecular weight excluding hydrogens is 420 g/mol. The van der Waals surface area contributed by atoms with Gasteiger partial charge >= 0.3 is 0 Å². The summed E-state index contributed by atoms with van der Waals surface area (Å²) in [5.74, 6) is -0.0735. The predicted octanol–water partition coefficient (Wildman–Crippen LogP) is 4.92. The van der Waals surface area contributed by atoms with Gasteiger partial charge in [-0.1, -0.05) is 60.2 Å². The van der Waals surface area contributed by atoms with Crippen molar-refractivity contribution in [3.63, 3.8) is 0 Å². The number of hydrogen-bond acceptors (Lipinski definition) is 3. The molecule has 6 heteroatoms. The van der Waals surface area contributed by atoms with E-state index in [-0.39, 0.29) is 18.3 Å². The molecule has 2 N–H and O–H groups in total. The molecule has 0 bridgehead atoms. The van der Waals surface area contributed by atoms with Crippen LogP contribution < -0.4 is 10.6 Å². The van der Waals surface area contributed by atoms with Crippen molar-refractivity contribution >= 4 is 18.3 Å². The Morgan fingerprint density at radius 1 is 0.906 bits per heavy atom. The first-order valence-electron chi connectivity index (χ1n) is 10.4. The molecule has 1 aromatic heterocycles. The van der Waals surface area contributed by atoms with Crippen LogP contribution in [0.1, 0.15) is 27.0 Å². The summed E-state index contributed by atoms with van der Waals surface area (Å²) in [6.07, 6.45) is 2.09. The van der Waals surface area contributed by atoms with Gasteiger partial charge < -0.3 is 10.6 Å².